The minimum atomic E-state index is 0.509. The number of anilines is 5. The van der Waals surface area contributed by atoms with Crippen molar-refractivity contribution < 1.29 is 8.83 Å². The Kier molecular flexibility index (Phi) is 7.60. The molecule has 2 N–H and O–H groups in total. The number of benzene rings is 2. The fourth-order valence-corrected chi connectivity index (χ4v) is 7.34. The van der Waals surface area contributed by atoms with Crippen molar-refractivity contribution in [2.75, 3.05) is 28.6 Å². The third-order valence-electron chi connectivity index (χ3n) is 9.79. The molecule has 4 aromatic rings. The summed E-state index contributed by atoms with van der Waals surface area (Å²) >= 11 is 0. The first-order valence-electron chi connectivity index (χ1n) is 17.1. The molecule has 5 aliphatic rings. The average molecular weight is 653 g/mol. The van der Waals surface area contributed by atoms with E-state index in [0.717, 1.165) is 58.4 Å². The van der Waals surface area contributed by atoms with Crippen LogP contribution in [-0.4, -0.2) is 51.9 Å². The molecule has 246 valence electrons. The van der Waals surface area contributed by atoms with E-state index in [4.69, 9.17) is 18.8 Å². The second-order valence-electron chi connectivity index (χ2n) is 12.9. The molecule has 12 heteroatoms. The predicted molar refractivity (Wildman–Crippen MR) is 192 cm³/mol. The first-order valence-corrected chi connectivity index (χ1v) is 17.1. The number of allylic oxidation sites excluding steroid dienone is 2. The van der Waals surface area contributed by atoms with Gasteiger partial charge in [0.15, 0.2) is 12.8 Å². The van der Waals surface area contributed by atoms with Crippen LogP contribution in [0.15, 0.2) is 108 Å². The van der Waals surface area contributed by atoms with E-state index in [1.807, 2.05) is 4.90 Å². The molecule has 0 amide bonds. The van der Waals surface area contributed by atoms with Crippen LogP contribution in [0.1, 0.15) is 74.0 Å². The number of oxazole rings is 2. The van der Waals surface area contributed by atoms with Crippen molar-refractivity contribution in [3.05, 3.63) is 96.1 Å². The molecule has 1 saturated carbocycles. The van der Waals surface area contributed by atoms with Crippen LogP contribution in [-0.2, 0) is 0 Å². The van der Waals surface area contributed by atoms with Gasteiger partial charge in [0.05, 0.1) is 40.9 Å². The number of hydrogen-bond donors (Lipinski definition) is 2. The summed E-state index contributed by atoms with van der Waals surface area (Å²) in [4.78, 5) is 31.7. The molecule has 0 radical (unpaired) electrons. The average Bonchev–Trinajstić information content (AvgIpc) is 3.87. The molecular formula is C37H36N10O2. The Morgan fingerprint density at radius 2 is 1.45 bits per heavy atom. The Bertz CT molecular complexity index is 1940. The Balaban J connectivity index is 1.12. The molecule has 49 heavy (non-hydrogen) atoms. The fraction of sp³-hybridized carbons (Fsp3) is 0.297. The number of aromatic nitrogens is 2. The third kappa shape index (κ3) is 5.83. The monoisotopic (exact) mass is 652 g/mol. The van der Waals surface area contributed by atoms with E-state index in [9.17, 15) is 0 Å². The molecule has 1 aliphatic carbocycles. The summed E-state index contributed by atoms with van der Waals surface area (Å²) in [6.45, 7) is 2.09. The number of nitrogens with one attached hydrogen (secondary N) is 2. The molecule has 2 fully saturated rings. The summed E-state index contributed by atoms with van der Waals surface area (Å²) in [6.07, 6.45) is 21.8. The molecule has 2 aromatic heterocycles. The van der Waals surface area contributed by atoms with E-state index >= 15 is 0 Å². The number of aliphatic imine (C=N–C) groups is 4. The van der Waals surface area contributed by atoms with Crippen molar-refractivity contribution in [3.63, 3.8) is 0 Å². The standard InChI is InChI=1S/C37H36N10O2/c1-3-7-24(8-4-1)25-9-11-28(30(15-25)42-34-19-38-22-48-34)32-17-27-18-33(45-37-41-21-40-36(44-32)47(27)37)29-12-10-26(46-13-5-2-6-14-46)16-31(29)43-35-20-39-23-49-35/h9-12,15-24,42-43H,1-8,13-14H2. The second kappa shape index (κ2) is 12.7. The van der Waals surface area contributed by atoms with Crippen LogP contribution in [0.25, 0.3) is 5.70 Å². The Morgan fingerprint density at radius 3 is 2.20 bits per heavy atom. The Hall–Kier alpha value is -5.78. The zero-order valence-corrected chi connectivity index (χ0v) is 27.0. The summed E-state index contributed by atoms with van der Waals surface area (Å²) in [6, 6.07) is 13.1. The van der Waals surface area contributed by atoms with Gasteiger partial charge in [-0.15, -0.1) is 0 Å². The molecule has 4 aliphatic heterocycles. The molecule has 9 rings (SSSR count). The van der Waals surface area contributed by atoms with Crippen LogP contribution < -0.4 is 15.5 Å². The van der Waals surface area contributed by atoms with E-state index in [1.54, 1.807) is 12.4 Å². The second-order valence-corrected chi connectivity index (χ2v) is 12.9. The quantitative estimate of drug-likeness (QED) is 0.196. The van der Waals surface area contributed by atoms with Crippen LogP contribution in [0.3, 0.4) is 0 Å². The lowest BCUT2D eigenvalue weighted by Gasteiger charge is -2.32. The zero-order chi connectivity index (χ0) is 32.6. The fourth-order valence-electron chi connectivity index (χ4n) is 7.34. The van der Waals surface area contributed by atoms with Crippen molar-refractivity contribution in [2.24, 2.45) is 20.0 Å². The van der Waals surface area contributed by atoms with E-state index in [2.05, 4.69) is 84.0 Å². The third-order valence-corrected chi connectivity index (χ3v) is 9.79. The minimum Gasteiger partial charge on any atom is -0.428 e. The van der Waals surface area contributed by atoms with Gasteiger partial charge in [-0.2, -0.15) is 0 Å². The Labute approximate surface area is 283 Å². The van der Waals surface area contributed by atoms with E-state index < -0.39 is 0 Å². The molecule has 0 unspecified atom stereocenters. The highest BCUT2D eigenvalue weighted by molar-refractivity contribution is 6.24. The molecule has 0 bridgehead atoms. The first kappa shape index (κ1) is 29.4. The summed E-state index contributed by atoms with van der Waals surface area (Å²) in [5.74, 6) is 2.70. The van der Waals surface area contributed by atoms with Crippen LogP contribution >= 0.6 is 0 Å². The topological polar surface area (TPSA) is 132 Å². The van der Waals surface area contributed by atoms with Gasteiger partial charge < -0.3 is 24.4 Å². The van der Waals surface area contributed by atoms with Crippen molar-refractivity contribution in [2.45, 2.75) is 57.3 Å². The number of piperidine rings is 1. The van der Waals surface area contributed by atoms with Gasteiger partial charge in [0.25, 0.3) is 0 Å². The smallest absolute Gasteiger partial charge is 0.239 e. The van der Waals surface area contributed by atoms with E-state index in [-0.39, 0.29) is 0 Å². The molecule has 0 spiro atoms. The lowest BCUT2D eigenvalue weighted by Crippen LogP contribution is -2.40. The van der Waals surface area contributed by atoms with Gasteiger partial charge in [0.2, 0.25) is 23.7 Å². The van der Waals surface area contributed by atoms with Crippen molar-refractivity contribution in [3.8, 4) is 0 Å². The lowest BCUT2D eigenvalue weighted by atomic mass is 9.83. The van der Waals surface area contributed by atoms with Crippen LogP contribution in [0.4, 0.5) is 28.8 Å². The number of rotatable bonds is 8. The molecule has 6 heterocycles. The van der Waals surface area contributed by atoms with Crippen LogP contribution in [0.5, 0.6) is 0 Å². The maximum Gasteiger partial charge on any atom is 0.239 e. The highest BCUT2D eigenvalue weighted by atomic mass is 16.4. The van der Waals surface area contributed by atoms with Gasteiger partial charge in [-0.25, -0.2) is 34.8 Å². The SMILES string of the molecule is C1=NC2=NC(c3ccc(N4CCCCC4)cc3Nc3cnco3)=CC3=CC(c4ccc(C5CCCCC5)cc4Nc4cnco4)=NC(=N1)N32. The minimum absolute atomic E-state index is 0.509. The number of nitrogens with zero attached hydrogens (tertiary/aromatic N) is 8. The van der Waals surface area contributed by atoms with Gasteiger partial charge >= 0.3 is 0 Å². The summed E-state index contributed by atoms with van der Waals surface area (Å²) < 4.78 is 11.2. The van der Waals surface area contributed by atoms with Gasteiger partial charge in [-0.1, -0.05) is 31.4 Å². The summed E-state index contributed by atoms with van der Waals surface area (Å²) in [5, 5.41) is 6.91. The highest BCUT2D eigenvalue weighted by Crippen LogP contribution is 2.39. The molecule has 1 saturated heterocycles. The molecular weight excluding hydrogens is 616 g/mol. The summed E-state index contributed by atoms with van der Waals surface area (Å²) in [7, 11) is 0. The van der Waals surface area contributed by atoms with Gasteiger partial charge in [0, 0.05) is 29.9 Å². The molecule has 2 aromatic carbocycles. The van der Waals surface area contributed by atoms with Gasteiger partial charge in [0.1, 0.15) is 6.34 Å². The lowest BCUT2D eigenvalue weighted by molar-refractivity contribution is 0.443. The maximum atomic E-state index is 5.60. The zero-order valence-electron chi connectivity index (χ0n) is 27.0. The predicted octanol–water partition coefficient (Wildman–Crippen LogP) is 7.99. The number of guanidine groups is 2. The van der Waals surface area contributed by atoms with Crippen LogP contribution in [0.2, 0.25) is 0 Å². The van der Waals surface area contributed by atoms with Crippen LogP contribution in [0, 0.1) is 0 Å². The summed E-state index contributed by atoms with van der Waals surface area (Å²) in [5.41, 5.74) is 8.53. The largest absolute Gasteiger partial charge is 0.428 e. The molecule has 0 atom stereocenters. The van der Waals surface area contributed by atoms with Crippen molar-refractivity contribution >= 4 is 58.5 Å². The van der Waals surface area contributed by atoms with E-state index in [1.165, 1.54) is 76.1 Å². The van der Waals surface area contributed by atoms with Gasteiger partial charge in [-0.3, -0.25) is 0 Å². The maximum absolute atomic E-state index is 5.60. The number of hydrogen-bond acceptors (Lipinski definition) is 12. The van der Waals surface area contributed by atoms with Crippen molar-refractivity contribution in [1.82, 2.24) is 14.9 Å². The normalized spacial score (nSPS) is 19.0. The van der Waals surface area contributed by atoms with Gasteiger partial charge in [-0.05, 0) is 80.0 Å². The Morgan fingerprint density at radius 1 is 0.714 bits per heavy atom. The molecule has 12 nitrogen and oxygen atoms in total. The van der Waals surface area contributed by atoms with Crippen molar-refractivity contribution in [1.29, 1.82) is 0 Å². The first-order chi connectivity index (χ1) is 24.2. The highest BCUT2D eigenvalue weighted by Gasteiger charge is 2.32. The van der Waals surface area contributed by atoms with E-state index in [0.29, 0.717) is 29.6 Å².